The van der Waals surface area contributed by atoms with E-state index in [4.69, 9.17) is 0 Å². The fourth-order valence-electron chi connectivity index (χ4n) is 2.37. The topological polar surface area (TPSA) is 58.6 Å². The second-order valence-corrected chi connectivity index (χ2v) is 5.94. The molecule has 1 N–H and O–H groups in total. The number of nitrogens with zero attached hydrogens (tertiary/aromatic N) is 1. The van der Waals surface area contributed by atoms with Gasteiger partial charge in [-0.05, 0) is 36.2 Å². The van der Waals surface area contributed by atoms with Gasteiger partial charge in [-0.2, -0.15) is 0 Å². The van der Waals surface area contributed by atoms with Crippen molar-refractivity contribution >= 4 is 11.8 Å². The number of amides is 2. The number of nitrogens with one attached hydrogen (secondary N) is 1. The van der Waals surface area contributed by atoms with Crippen LogP contribution in [0.3, 0.4) is 0 Å². The van der Waals surface area contributed by atoms with Crippen LogP contribution in [0.25, 0.3) is 0 Å². The Labute approximate surface area is 154 Å². The lowest BCUT2D eigenvalue weighted by atomic mass is 10.1. The van der Waals surface area contributed by atoms with E-state index < -0.39 is 6.36 Å². The maximum Gasteiger partial charge on any atom is 0.573 e. The largest absolute Gasteiger partial charge is 0.573 e. The molecule has 0 saturated heterocycles. The normalized spacial score (nSPS) is 11.0. The summed E-state index contributed by atoms with van der Waals surface area (Å²) in [5.74, 6) is -0.998. The highest BCUT2D eigenvalue weighted by Gasteiger charge is 2.30. The zero-order chi connectivity index (χ0) is 20.0. The molecular weight excluding hydrogens is 361 g/mol. The van der Waals surface area contributed by atoms with Crippen LogP contribution < -0.4 is 10.1 Å². The molecule has 8 heteroatoms. The van der Waals surface area contributed by atoms with E-state index in [1.165, 1.54) is 29.2 Å². The molecule has 0 aromatic heterocycles. The van der Waals surface area contributed by atoms with E-state index in [-0.39, 0.29) is 30.7 Å². The van der Waals surface area contributed by atoms with Crippen molar-refractivity contribution in [3.8, 4) is 5.75 Å². The highest BCUT2D eigenvalue weighted by atomic mass is 19.4. The van der Waals surface area contributed by atoms with Crippen LogP contribution in [-0.4, -0.2) is 36.7 Å². The number of rotatable bonds is 6. The van der Waals surface area contributed by atoms with Gasteiger partial charge in [-0.15, -0.1) is 13.2 Å². The minimum Gasteiger partial charge on any atom is -0.406 e. The van der Waals surface area contributed by atoms with Crippen molar-refractivity contribution in [2.45, 2.75) is 19.8 Å². The molecular formula is C19H19F3N2O3. The Bertz CT molecular complexity index is 805. The van der Waals surface area contributed by atoms with Crippen LogP contribution in [0.15, 0.2) is 48.5 Å². The van der Waals surface area contributed by atoms with Gasteiger partial charge in [-0.3, -0.25) is 9.59 Å². The average Bonchev–Trinajstić information content (AvgIpc) is 2.60. The summed E-state index contributed by atoms with van der Waals surface area (Å²) in [4.78, 5) is 25.6. The van der Waals surface area contributed by atoms with Crippen LogP contribution >= 0.6 is 0 Å². The fourth-order valence-corrected chi connectivity index (χ4v) is 2.37. The number of carbonyl (C=O) groups excluding carboxylic acids is 2. The van der Waals surface area contributed by atoms with Crippen LogP contribution in [0.1, 0.15) is 21.5 Å². The molecule has 0 unspecified atom stereocenters. The Morgan fingerprint density at radius 1 is 1.07 bits per heavy atom. The number of benzene rings is 2. The van der Waals surface area contributed by atoms with Crippen molar-refractivity contribution in [1.29, 1.82) is 0 Å². The highest BCUT2D eigenvalue weighted by Crippen LogP contribution is 2.23. The molecule has 2 aromatic rings. The van der Waals surface area contributed by atoms with Crippen molar-refractivity contribution in [1.82, 2.24) is 10.2 Å². The van der Waals surface area contributed by atoms with E-state index in [0.717, 1.165) is 5.56 Å². The lowest BCUT2D eigenvalue weighted by molar-refractivity contribution is -0.274. The van der Waals surface area contributed by atoms with Crippen LogP contribution in [0.2, 0.25) is 0 Å². The smallest absolute Gasteiger partial charge is 0.406 e. The molecule has 2 rings (SSSR count). The zero-order valence-corrected chi connectivity index (χ0v) is 14.8. The van der Waals surface area contributed by atoms with Gasteiger partial charge < -0.3 is 15.0 Å². The molecule has 5 nitrogen and oxygen atoms in total. The minimum absolute atomic E-state index is 0.182. The second kappa shape index (κ2) is 8.57. The molecule has 0 aliphatic rings. The highest BCUT2D eigenvalue weighted by molar-refractivity contribution is 5.97. The van der Waals surface area contributed by atoms with Gasteiger partial charge in [0.2, 0.25) is 5.91 Å². The Balaban J connectivity index is 1.86. The van der Waals surface area contributed by atoms with Crippen molar-refractivity contribution in [2.75, 3.05) is 13.6 Å². The van der Waals surface area contributed by atoms with E-state index >= 15 is 0 Å². The van der Waals surface area contributed by atoms with Gasteiger partial charge in [0.05, 0.1) is 6.54 Å². The summed E-state index contributed by atoms with van der Waals surface area (Å²) in [6.07, 6.45) is -4.75. The summed E-state index contributed by atoms with van der Waals surface area (Å²) < 4.78 is 40.2. The van der Waals surface area contributed by atoms with E-state index in [2.05, 4.69) is 10.1 Å². The standard InChI is InChI=1S/C19H19F3N2O3/c1-13-5-3-4-6-16(13)18(26)23-11-17(25)24(2)12-14-7-9-15(10-8-14)27-19(20,21)22/h3-10H,11-12H2,1-2H3,(H,23,26). The van der Waals surface area contributed by atoms with Crippen molar-refractivity contribution in [3.63, 3.8) is 0 Å². The summed E-state index contributed by atoms with van der Waals surface area (Å²) in [5, 5.41) is 2.57. The van der Waals surface area contributed by atoms with Gasteiger partial charge in [0.1, 0.15) is 5.75 Å². The predicted octanol–water partition coefficient (Wildman–Crippen LogP) is 3.28. The van der Waals surface area contributed by atoms with E-state index in [1.54, 1.807) is 32.2 Å². The van der Waals surface area contributed by atoms with Crippen molar-refractivity contribution in [3.05, 3.63) is 65.2 Å². The Kier molecular flexibility index (Phi) is 6.44. The van der Waals surface area contributed by atoms with Gasteiger partial charge in [0, 0.05) is 19.2 Å². The molecule has 0 aliphatic heterocycles. The lowest BCUT2D eigenvalue weighted by Crippen LogP contribution is -2.38. The summed E-state index contributed by atoms with van der Waals surface area (Å²) in [6, 6.07) is 12.3. The first-order valence-corrected chi connectivity index (χ1v) is 8.08. The number of ether oxygens (including phenoxy) is 1. The van der Waals surface area contributed by atoms with Gasteiger partial charge in [0.25, 0.3) is 5.91 Å². The zero-order valence-electron chi connectivity index (χ0n) is 14.8. The number of carbonyl (C=O) groups is 2. The Morgan fingerprint density at radius 2 is 1.70 bits per heavy atom. The maximum absolute atomic E-state index is 12.2. The van der Waals surface area contributed by atoms with Crippen LogP contribution in [0.5, 0.6) is 5.75 Å². The Morgan fingerprint density at radius 3 is 2.30 bits per heavy atom. The van der Waals surface area contributed by atoms with Crippen LogP contribution in [-0.2, 0) is 11.3 Å². The van der Waals surface area contributed by atoms with Crippen molar-refractivity contribution < 1.29 is 27.5 Å². The molecule has 0 bridgehead atoms. The average molecular weight is 380 g/mol. The third kappa shape index (κ3) is 6.32. The number of likely N-dealkylation sites (N-methyl/N-ethyl adjacent to an activating group) is 1. The first-order chi connectivity index (χ1) is 12.7. The summed E-state index contributed by atoms with van der Waals surface area (Å²) in [5.41, 5.74) is 1.93. The number of aryl methyl sites for hydroxylation is 1. The molecule has 0 spiro atoms. The molecule has 144 valence electrons. The number of hydrogen-bond donors (Lipinski definition) is 1. The number of hydrogen-bond acceptors (Lipinski definition) is 3. The molecule has 2 amide bonds. The molecule has 0 fully saturated rings. The van der Waals surface area contributed by atoms with Gasteiger partial charge in [0.15, 0.2) is 0 Å². The third-order valence-electron chi connectivity index (χ3n) is 3.79. The third-order valence-corrected chi connectivity index (χ3v) is 3.79. The molecule has 27 heavy (non-hydrogen) atoms. The van der Waals surface area contributed by atoms with Crippen molar-refractivity contribution in [2.24, 2.45) is 0 Å². The van der Waals surface area contributed by atoms with Gasteiger partial charge >= 0.3 is 6.36 Å². The van der Waals surface area contributed by atoms with Crippen LogP contribution in [0.4, 0.5) is 13.2 Å². The lowest BCUT2D eigenvalue weighted by Gasteiger charge is -2.18. The van der Waals surface area contributed by atoms with Gasteiger partial charge in [-0.25, -0.2) is 0 Å². The molecule has 0 radical (unpaired) electrons. The minimum atomic E-state index is -4.75. The SMILES string of the molecule is Cc1ccccc1C(=O)NCC(=O)N(C)Cc1ccc(OC(F)(F)F)cc1. The second-order valence-electron chi connectivity index (χ2n) is 5.94. The first-order valence-electron chi connectivity index (χ1n) is 8.08. The summed E-state index contributed by atoms with van der Waals surface area (Å²) >= 11 is 0. The van der Waals surface area contributed by atoms with Gasteiger partial charge in [-0.1, -0.05) is 30.3 Å². The molecule has 0 atom stereocenters. The van der Waals surface area contributed by atoms with E-state index in [0.29, 0.717) is 11.1 Å². The number of alkyl halides is 3. The molecule has 2 aromatic carbocycles. The molecule has 0 aliphatic carbocycles. The summed E-state index contributed by atoms with van der Waals surface area (Å²) in [6.45, 7) is 1.80. The first kappa shape index (κ1) is 20.3. The van der Waals surface area contributed by atoms with Crippen LogP contribution in [0, 0.1) is 6.92 Å². The monoisotopic (exact) mass is 380 g/mol. The Hall–Kier alpha value is -3.03. The number of halogens is 3. The molecule has 0 saturated carbocycles. The maximum atomic E-state index is 12.2. The van der Waals surface area contributed by atoms with E-state index in [9.17, 15) is 22.8 Å². The van der Waals surface area contributed by atoms with E-state index in [1.807, 2.05) is 6.07 Å². The quantitative estimate of drug-likeness (QED) is 0.837. The predicted molar refractivity (Wildman–Crippen MR) is 93.1 cm³/mol. The fraction of sp³-hybridized carbons (Fsp3) is 0.263. The molecule has 0 heterocycles. The summed E-state index contributed by atoms with van der Waals surface area (Å²) in [7, 11) is 1.54.